The molecule has 7 heteroatoms. The van der Waals surface area contributed by atoms with Crippen LogP contribution < -0.4 is 29.6 Å². The van der Waals surface area contributed by atoms with E-state index in [1.807, 2.05) is 24.3 Å². The minimum atomic E-state index is -0.317. The van der Waals surface area contributed by atoms with Gasteiger partial charge in [-0.25, -0.2) is 4.79 Å². The van der Waals surface area contributed by atoms with Crippen molar-refractivity contribution >= 4 is 11.7 Å². The topological polar surface area (TPSA) is 78.1 Å². The highest BCUT2D eigenvalue weighted by Crippen LogP contribution is 2.39. The third-order valence-corrected chi connectivity index (χ3v) is 3.76. The minimum Gasteiger partial charge on any atom is -0.497 e. The normalized spacial score (nSPS) is 10.0. The highest BCUT2D eigenvalue weighted by molar-refractivity contribution is 5.90. The van der Waals surface area contributed by atoms with Gasteiger partial charge in [-0.2, -0.15) is 0 Å². The Balaban J connectivity index is 1.94. The van der Waals surface area contributed by atoms with Gasteiger partial charge in [0, 0.05) is 18.7 Å². The molecule has 0 bridgehead atoms. The Labute approximate surface area is 153 Å². The molecular weight excluding hydrogens is 336 g/mol. The van der Waals surface area contributed by atoms with Gasteiger partial charge in [-0.15, -0.1) is 0 Å². The molecule has 0 heterocycles. The first kappa shape index (κ1) is 19.2. The van der Waals surface area contributed by atoms with Gasteiger partial charge in [-0.05, 0) is 24.1 Å². The smallest absolute Gasteiger partial charge is 0.319 e. The second-order valence-electron chi connectivity index (χ2n) is 5.40. The van der Waals surface area contributed by atoms with Gasteiger partial charge in [0.05, 0.1) is 34.1 Å². The fourth-order valence-corrected chi connectivity index (χ4v) is 2.48. The van der Waals surface area contributed by atoms with Crippen LogP contribution in [-0.4, -0.2) is 41.0 Å². The lowest BCUT2D eigenvalue weighted by molar-refractivity contribution is 0.252. The number of methoxy groups -OCH3 is 4. The van der Waals surface area contributed by atoms with Crippen LogP contribution in [0.25, 0.3) is 0 Å². The largest absolute Gasteiger partial charge is 0.497 e. The SMILES string of the molecule is COc1cccc(CCNC(=O)Nc2cc(OC)c(OC)c(OC)c2)c1. The molecule has 0 unspecified atom stereocenters. The van der Waals surface area contributed by atoms with Gasteiger partial charge in [0.1, 0.15) is 5.75 Å². The number of ether oxygens (including phenoxy) is 4. The first-order chi connectivity index (χ1) is 12.6. The van der Waals surface area contributed by atoms with Crippen LogP contribution in [0.4, 0.5) is 10.5 Å². The zero-order chi connectivity index (χ0) is 18.9. The lowest BCUT2D eigenvalue weighted by Gasteiger charge is -2.15. The van der Waals surface area contributed by atoms with E-state index in [1.54, 1.807) is 19.2 Å². The Morgan fingerprint density at radius 1 is 0.923 bits per heavy atom. The van der Waals surface area contributed by atoms with Crippen molar-refractivity contribution in [2.45, 2.75) is 6.42 Å². The molecule has 2 N–H and O–H groups in total. The lowest BCUT2D eigenvalue weighted by atomic mass is 10.1. The third kappa shape index (κ3) is 4.95. The van der Waals surface area contributed by atoms with Crippen molar-refractivity contribution in [3.8, 4) is 23.0 Å². The van der Waals surface area contributed by atoms with Crippen LogP contribution in [0.15, 0.2) is 36.4 Å². The van der Waals surface area contributed by atoms with Crippen LogP contribution in [0, 0.1) is 0 Å². The van der Waals surface area contributed by atoms with Crippen molar-refractivity contribution in [3.05, 3.63) is 42.0 Å². The Morgan fingerprint density at radius 2 is 1.62 bits per heavy atom. The Bertz CT molecular complexity index is 723. The molecule has 7 nitrogen and oxygen atoms in total. The highest BCUT2D eigenvalue weighted by Gasteiger charge is 2.14. The predicted octanol–water partition coefficient (Wildman–Crippen LogP) is 3.09. The molecule has 26 heavy (non-hydrogen) atoms. The first-order valence-corrected chi connectivity index (χ1v) is 8.09. The molecule has 0 atom stereocenters. The number of hydrogen-bond acceptors (Lipinski definition) is 5. The first-order valence-electron chi connectivity index (χ1n) is 8.09. The average molecular weight is 360 g/mol. The molecule has 0 spiro atoms. The summed E-state index contributed by atoms with van der Waals surface area (Å²) in [6.45, 7) is 0.490. The van der Waals surface area contributed by atoms with E-state index in [2.05, 4.69) is 10.6 Å². The molecule has 2 aromatic carbocycles. The number of hydrogen-bond donors (Lipinski definition) is 2. The maximum absolute atomic E-state index is 12.1. The molecule has 2 amide bonds. The van der Waals surface area contributed by atoms with Crippen LogP contribution in [-0.2, 0) is 6.42 Å². The standard InChI is InChI=1S/C19H24N2O5/c1-23-15-7-5-6-13(10-15)8-9-20-19(22)21-14-11-16(24-2)18(26-4)17(12-14)25-3/h5-7,10-12H,8-9H2,1-4H3,(H2,20,21,22). The van der Waals surface area contributed by atoms with Crippen molar-refractivity contribution < 1.29 is 23.7 Å². The molecule has 140 valence electrons. The van der Waals surface area contributed by atoms with Crippen LogP contribution in [0.2, 0.25) is 0 Å². The Hall–Kier alpha value is -3.09. The number of benzene rings is 2. The average Bonchev–Trinajstić information content (AvgIpc) is 2.67. The van der Waals surface area contributed by atoms with Crippen molar-refractivity contribution in [3.63, 3.8) is 0 Å². The fraction of sp³-hybridized carbons (Fsp3) is 0.316. The van der Waals surface area contributed by atoms with E-state index in [0.717, 1.165) is 11.3 Å². The quantitative estimate of drug-likeness (QED) is 0.756. The molecule has 0 saturated heterocycles. The number of amides is 2. The summed E-state index contributed by atoms with van der Waals surface area (Å²) >= 11 is 0. The molecule has 0 aliphatic heterocycles. The molecule has 2 aromatic rings. The zero-order valence-electron chi connectivity index (χ0n) is 15.4. The Morgan fingerprint density at radius 3 is 2.19 bits per heavy atom. The summed E-state index contributed by atoms with van der Waals surface area (Å²) in [6.07, 6.45) is 0.694. The number of rotatable bonds is 8. The van der Waals surface area contributed by atoms with Crippen LogP contribution >= 0.6 is 0 Å². The predicted molar refractivity (Wildman–Crippen MR) is 99.8 cm³/mol. The van der Waals surface area contributed by atoms with Gasteiger partial charge < -0.3 is 29.6 Å². The van der Waals surface area contributed by atoms with Crippen molar-refractivity contribution in [1.29, 1.82) is 0 Å². The van der Waals surface area contributed by atoms with Gasteiger partial charge in [0.25, 0.3) is 0 Å². The highest BCUT2D eigenvalue weighted by atomic mass is 16.5. The molecule has 0 radical (unpaired) electrons. The van der Waals surface area contributed by atoms with Crippen LogP contribution in [0.1, 0.15) is 5.56 Å². The second-order valence-corrected chi connectivity index (χ2v) is 5.40. The molecule has 0 aromatic heterocycles. The van der Waals surface area contributed by atoms with Crippen LogP contribution in [0.3, 0.4) is 0 Å². The second kappa shape index (κ2) is 9.41. The van der Waals surface area contributed by atoms with E-state index < -0.39 is 0 Å². The number of urea groups is 1. The van der Waals surface area contributed by atoms with E-state index >= 15 is 0 Å². The number of carbonyl (C=O) groups excluding carboxylic acids is 1. The molecule has 0 saturated carbocycles. The number of anilines is 1. The summed E-state index contributed by atoms with van der Waals surface area (Å²) in [5.41, 5.74) is 1.62. The summed E-state index contributed by atoms with van der Waals surface area (Å²) in [7, 11) is 6.20. The van der Waals surface area contributed by atoms with Crippen molar-refractivity contribution in [2.24, 2.45) is 0 Å². The van der Waals surface area contributed by atoms with Gasteiger partial charge in [0.2, 0.25) is 5.75 Å². The number of nitrogens with one attached hydrogen (secondary N) is 2. The summed E-state index contributed by atoms with van der Waals surface area (Å²) in [5.74, 6) is 2.21. The molecule has 0 fully saturated rings. The summed E-state index contributed by atoms with van der Waals surface area (Å²) in [6, 6.07) is 10.8. The van der Waals surface area contributed by atoms with E-state index in [0.29, 0.717) is 35.9 Å². The summed E-state index contributed by atoms with van der Waals surface area (Å²) < 4.78 is 21.0. The van der Waals surface area contributed by atoms with Gasteiger partial charge in [-0.3, -0.25) is 0 Å². The van der Waals surface area contributed by atoms with Gasteiger partial charge >= 0.3 is 6.03 Å². The van der Waals surface area contributed by atoms with E-state index in [4.69, 9.17) is 18.9 Å². The van der Waals surface area contributed by atoms with E-state index in [1.165, 1.54) is 21.3 Å². The lowest BCUT2D eigenvalue weighted by Crippen LogP contribution is -2.30. The number of carbonyl (C=O) groups is 1. The maximum Gasteiger partial charge on any atom is 0.319 e. The molecular formula is C19H24N2O5. The van der Waals surface area contributed by atoms with E-state index in [9.17, 15) is 4.79 Å². The third-order valence-electron chi connectivity index (χ3n) is 3.76. The summed E-state index contributed by atoms with van der Waals surface area (Å²) in [5, 5.41) is 5.58. The summed E-state index contributed by atoms with van der Waals surface area (Å²) in [4.78, 5) is 12.1. The van der Waals surface area contributed by atoms with Crippen molar-refractivity contribution in [2.75, 3.05) is 40.3 Å². The maximum atomic E-state index is 12.1. The Kier molecular flexibility index (Phi) is 6.96. The molecule has 2 rings (SSSR count). The molecule has 0 aliphatic rings. The van der Waals surface area contributed by atoms with Crippen molar-refractivity contribution in [1.82, 2.24) is 5.32 Å². The monoisotopic (exact) mass is 360 g/mol. The fourth-order valence-electron chi connectivity index (χ4n) is 2.48. The van der Waals surface area contributed by atoms with E-state index in [-0.39, 0.29) is 6.03 Å². The van der Waals surface area contributed by atoms with Gasteiger partial charge in [0.15, 0.2) is 11.5 Å². The zero-order valence-corrected chi connectivity index (χ0v) is 15.4. The van der Waals surface area contributed by atoms with Gasteiger partial charge in [-0.1, -0.05) is 12.1 Å². The minimum absolute atomic E-state index is 0.317. The molecule has 0 aliphatic carbocycles. The van der Waals surface area contributed by atoms with Crippen LogP contribution in [0.5, 0.6) is 23.0 Å².